The number of nitrogens with zero attached hydrogens (tertiary/aromatic N) is 10. The zero-order valence-corrected chi connectivity index (χ0v) is 46.7. The lowest BCUT2D eigenvalue weighted by molar-refractivity contribution is -0.142. The van der Waals surface area contributed by atoms with E-state index in [2.05, 4.69) is 47.2 Å². The number of aliphatic hydroxyl groups is 2. The minimum absolute atomic E-state index is 0.0400. The zero-order valence-electron chi connectivity index (χ0n) is 46.7. The van der Waals surface area contributed by atoms with Gasteiger partial charge in [0.2, 0.25) is 11.8 Å². The number of fused-ring (bicyclic) bond motifs is 2. The Morgan fingerprint density at radius 3 is 2.52 bits per heavy atom. The van der Waals surface area contributed by atoms with E-state index >= 15 is 4.39 Å². The molecule has 7 heterocycles. The van der Waals surface area contributed by atoms with Gasteiger partial charge >= 0.3 is 6.01 Å². The van der Waals surface area contributed by atoms with Crippen LogP contribution in [0.2, 0.25) is 0 Å². The molecule has 1 saturated carbocycles. The summed E-state index contributed by atoms with van der Waals surface area (Å²) in [4.78, 5) is 42.7. The first-order valence-electron chi connectivity index (χ1n) is 28.8. The van der Waals surface area contributed by atoms with Crippen molar-refractivity contribution < 1.29 is 38.4 Å². The van der Waals surface area contributed by atoms with Gasteiger partial charge < -0.3 is 44.9 Å². The molecular weight excluding hydrogens is 1050 g/mol. The fourth-order valence-electron chi connectivity index (χ4n) is 12.0. The van der Waals surface area contributed by atoms with E-state index in [0.717, 1.165) is 108 Å². The second kappa shape index (κ2) is 23.6. The summed E-state index contributed by atoms with van der Waals surface area (Å²) in [5.41, 5.74) is 8.84. The van der Waals surface area contributed by atoms with Gasteiger partial charge in [-0.05, 0) is 110 Å². The van der Waals surface area contributed by atoms with Crippen molar-refractivity contribution in [2.75, 3.05) is 57.4 Å². The maximum Gasteiger partial charge on any atom is 0.319 e. The van der Waals surface area contributed by atoms with Crippen LogP contribution in [0.25, 0.3) is 55.4 Å². The summed E-state index contributed by atoms with van der Waals surface area (Å²) in [6, 6.07) is 18.6. The number of carbonyl (C=O) groups excluding carboxylic acids is 2. The average Bonchev–Trinajstić information content (AvgIpc) is 2.62. The molecule has 4 aliphatic rings. The van der Waals surface area contributed by atoms with Crippen LogP contribution in [0.4, 0.5) is 10.2 Å². The Bertz CT molecular complexity index is 3590. The lowest BCUT2D eigenvalue weighted by atomic mass is 9.88. The van der Waals surface area contributed by atoms with Crippen LogP contribution in [0.5, 0.6) is 11.8 Å². The molecule has 12 rings (SSSR count). The van der Waals surface area contributed by atoms with E-state index in [9.17, 15) is 19.8 Å². The molecule has 21 heteroatoms. The number of aromatic amines is 1. The van der Waals surface area contributed by atoms with Gasteiger partial charge in [-0.3, -0.25) is 19.4 Å². The Morgan fingerprint density at radius 1 is 0.951 bits per heavy atom. The monoisotopic (exact) mass is 1120 g/mol. The van der Waals surface area contributed by atoms with Gasteiger partial charge in [-0.15, -0.1) is 5.10 Å². The second-order valence-corrected chi connectivity index (χ2v) is 22.4. The predicted octanol–water partition coefficient (Wildman–Crippen LogP) is 7.59. The first-order chi connectivity index (χ1) is 39.9. The number of rotatable bonds is 19. The number of benzene rings is 4. The summed E-state index contributed by atoms with van der Waals surface area (Å²) in [5.74, 6) is -0.00638. The molecule has 20 nitrogen and oxygen atoms in total. The number of likely N-dealkylation sites (tertiary alicyclic amines) is 1. The van der Waals surface area contributed by atoms with Gasteiger partial charge in [0.1, 0.15) is 48.1 Å². The first kappa shape index (κ1) is 54.7. The molecule has 0 unspecified atom stereocenters. The van der Waals surface area contributed by atoms with Crippen molar-refractivity contribution in [3.63, 3.8) is 0 Å². The van der Waals surface area contributed by atoms with Crippen LogP contribution in [0.1, 0.15) is 99.6 Å². The van der Waals surface area contributed by atoms with Gasteiger partial charge in [-0.25, -0.2) is 9.07 Å². The molecule has 0 spiro atoms. The molecule has 4 aromatic heterocycles. The number of β-amino-alcohol motifs (C(OH)–C–C–N with tert-alkyl or cyclic N) is 1. The molecule has 5 N–H and O–H groups in total. The minimum atomic E-state index is -0.984. The molecule has 82 heavy (non-hydrogen) atoms. The van der Waals surface area contributed by atoms with Gasteiger partial charge in [-0.2, -0.15) is 20.2 Å². The number of ether oxygens (including phenoxy) is 3. The highest BCUT2D eigenvalue weighted by Crippen LogP contribution is 2.53. The normalized spacial score (nSPS) is 19.3. The molecule has 8 aromatic rings. The van der Waals surface area contributed by atoms with Crippen LogP contribution in [0.15, 0.2) is 85.3 Å². The number of halogens is 1. The van der Waals surface area contributed by atoms with E-state index in [1.807, 2.05) is 80.1 Å². The summed E-state index contributed by atoms with van der Waals surface area (Å²) < 4.78 is 39.0. The first-order valence-corrected chi connectivity index (χ1v) is 28.8. The van der Waals surface area contributed by atoms with Gasteiger partial charge in [0.05, 0.1) is 48.5 Å². The van der Waals surface area contributed by atoms with E-state index in [-0.39, 0.29) is 61.9 Å². The van der Waals surface area contributed by atoms with Crippen LogP contribution in [0.3, 0.4) is 0 Å². The molecule has 428 valence electrons. The molecule has 0 radical (unpaired) electrons. The second-order valence-electron chi connectivity index (χ2n) is 22.4. The topological polar surface area (TPSA) is 236 Å². The lowest BCUT2D eigenvalue weighted by Gasteiger charge is -2.30. The summed E-state index contributed by atoms with van der Waals surface area (Å²) in [6.45, 7) is 12.3. The van der Waals surface area contributed by atoms with Crippen LogP contribution in [-0.4, -0.2) is 143 Å². The van der Waals surface area contributed by atoms with Crippen LogP contribution >= 0.6 is 0 Å². The highest BCUT2D eigenvalue weighted by Gasteiger charge is 2.43. The highest BCUT2D eigenvalue weighted by atomic mass is 19.1. The maximum atomic E-state index is 16.1. The Hall–Kier alpha value is -7.85. The lowest BCUT2D eigenvalue weighted by Crippen LogP contribution is -2.50. The largest absolute Gasteiger partial charge is 0.486 e. The molecule has 4 fully saturated rings. The third kappa shape index (κ3) is 11.0. The Kier molecular flexibility index (Phi) is 15.7. The number of hydrogen-bond acceptors (Lipinski definition) is 15. The van der Waals surface area contributed by atoms with Crippen molar-refractivity contribution >= 4 is 39.4 Å². The Labute approximate surface area is 474 Å². The average molecular weight is 1120 g/mol. The SMILES string of the molecule is CCn1nccc1-c1ccc([C@H](CO)NC(=O)[C@@H]2C[C@@H](O)CN2C(=O)[C@H](C(C)C)n2cc(-c3ccc(COc4c(-c5c(C)c(F)cc6[nH]ncc56)c(C5CC5)cc5c(N6CCCNCC6)nc(OC[C@H]6CCCO6)nc45)cc3)nn2)cc1. The highest BCUT2D eigenvalue weighted by molar-refractivity contribution is 6.06. The van der Waals surface area contributed by atoms with Gasteiger partial charge in [0, 0.05) is 79.4 Å². The van der Waals surface area contributed by atoms with E-state index in [1.165, 1.54) is 15.6 Å². The number of hydrogen-bond donors (Lipinski definition) is 5. The number of aryl methyl sites for hydroxylation is 1. The van der Waals surface area contributed by atoms with Crippen molar-refractivity contribution in [2.24, 2.45) is 5.92 Å². The van der Waals surface area contributed by atoms with Crippen molar-refractivity contribution in [1.29, 1.82) is 0 Å². The maximum absolute atomic E-state index is 16.1. The van der Waals surface area contributed by atoms with Crippen LogP contribution in [0, 0.1) is 18.7 Å². The number of carbonyl (C=O) groups is 2. The fraction of sp³-hybridized carbons (Fsp3) is 0.443. The standard InChI is InChI=1S/C61H70FN13O7/c1-5-74-51(19-21-65-74)41-17-15-40(16-18-41)50(32-76)66-59(78)52-26-42(77)30-73(52)60(79)56(35(2)3)75-31-49(70-71-75)39-11-9-37(10-12-39)33-81-57-54(53-36(4)47(62)28-48-46(53)29-64-69-48)44(38-13-14-38)27-45-55(57)67-61(82-34-43-8-6-25-80-43)68-58(45)72-23-7-20-63-22-24-72/h9-12,15-19,21,27-29,31,35,38,42-43,50,52,56,63,76-77H,5-8,13-14,20,22-26,30,32-34H2,1-4H3,(H,64,69)(H,66,78)/t42-,43-,50+,52+,56+/m1/s1. The molecule has 5 atom stereocenters. The molecular formula is C61H70FN13O7. The quantitative estimate of drug-likeness (QED) is 0.0525. The number of aliphatic hydroxyl groups excluding tert-OH is 2. The third-order valence-electron chi connectivity index (χ3n) is 16.5. The van der Waals surface area contributed by atoms with Crippen molar-refractivity contribution in [3.05, 3.63) is 113 Å². The van der Waals surface area contributed by atoms with Gasteiger partial charge in [0.15, 0.2) is 5.75 Å². The van der Waals surface area contributed by atoms with Gasteiger partial charge in [0.25, 0.3) is 0 Å². The minimum Gasteiger partial charge on any atom is -0.486 e. The summed E-state index contributed by atoms with van der Waals surface area (Å²) >= 11 is 0. The summed E-state index contributed by atoms with van der Waals surface area (Å²) in [6.07, 6.45) is 9.01. The molecule has 2 amide bonds. The number of nitrogens with one attached hydrogen (secondary N) is 3. The van der Waals surface area contributed by atoms with Crippen molar-refractivity contribution in [2.45, 2.75) is 116 Å². The van der Waals surface area contributed by atoms with Gasteiger partial charge in [-0.1, -0.05) is 67.6 Å². The molecule has 0 bridgehead atoms. The predicted molar refractivity (Wildman–Crippen MR) is 307 cm³/mol. The Balaban J connectivity index is 0.819. The van der Waals surface area contributed by atoms with E-state index in [0.29, 0.717) is 58.9 Å². The summed E-state index contributed by atoms with van der Waals surface area (Å²) in [5, 5.41) is 50.2. The fourth-order valence-corrected chi connectivity index (χ4v) is 12.0. The number of amides is 2. The number of H-pyrrole nitrogens is 1. The summed E-state index contributed by atoms with van der Waals surface area (Å²) in [7, 11) is 0. The molecule has 4 aromatic carbocycles. The smallest absolute Gasteiger partial charge is 0.319 e. The molecule has 3 saturated heterocycles. The Morgan fingerprint density at radius 2 is 1.77 bits per heavy atom. The van der Waals surface area contributed by atoms with Crippen molar-refractivity contribution in [3.8, 4) is 45.4 Å². The number of aromatic nitrogens is 9. The van der Waals surface area contributed by atoms with E-state index in [1.54, 1.807) is 25.5 Å². The third-order valence-corrected chi connectivity index (χ3v) is 16.5. The van der Waals surface area contributed by atoms with Crippen molar-refractivity contribution in [1.82, 2.24) is 60.5 Å². The van der Waals surface area contributed by atoms with E-state index in [4.69, 9.17) is 24.2 Å². The zero-order chi connectivity index (χ0) is 56.6. The molecule has 3 aliphatic heterocycles. The molecule has 1 aliphatic carbocycles. The number of anilines is 1. The van der Waals surface area contributed by atoms with Crippen LogP contribution < -0.4 is 25.0 Å². The van der Waals surface area contributed by atoms with E-state index < -0.39 is 30.1 Å². The van der Waals surface area contributed by atoms with Crippen LogP contribution in [-0.2, 0) is 27.5 Å².